The minimum absolute atomic E-state index is 0.601. The molecule has 0 aliphatic heterocycles. The van der Waals surface area contributed by atoms with Gasteiger partial charge in [-0.15, -0.1) is 0 Å². The van der Waals surface area contributed by atoms with Crippen LogP contribution in [0.1, 0.15) is 0 Å². The fourth-order valence-electron chi connectivity index (χ4n) is 0.813. The molecular weight excluding hydrogens is 164 g/mol. The summed E-state index contributed by atoms with van der Waals surface area (Å²) in [5.41, 5.74) is 0. The van der Waals surface area contributed by atoms with Gasteiger partial charge in [0.1, 0.15) is 5.75 Å². The van der Waals surface area contributed by atoms with Crippen molar-refractivity contribution in [3.8, 4) is 5.75 Å². The maximum Gasteiger partial charge on any atom is 0.160 e. The lowest BCUT2D eigenvalue weighted by Gasteiger charge is -2.02. The second kappa shape index (κ2) is 3.64. The second-order valence-electron chi connectivity index (χ2n) is 1.95. The average Bonchev–Trinajstić information content (AvgIpc) is 2.04. The van der Waals surface area contributed by atoms with E-state index in [2.05, 4.69) is 0 Å². The molecule has 0 N–H and O–H groups in total. The van der Waals surface area contributed by atoms with Crippen LogP contribution in [0.15, 0.2) is 24.3 Å². The molecule has 3 heteroatoms. The molecule has 0 amide bonds. The van der Waals surface area contributed by atoms with E-state index in [-0.39, 0.29) is 0 Å². The van der Waals surface area contributed by atoms with Crippen LogP contribution in [0, 0.1) is 0 Å². The number of halogens is 1. The van der Waals surface area contributed by atoms with Crippen molar-refractivity contribution in [1.82, 2.24) is 0 Å². The van der Waals surface area contributed by atoms with Gasteiger partial charge in [0.15, 0.2) is 8.83 Å². The van der Waals surface area contributed by atoms with Gasteiger partial charge in [-0.1, -0.05) is 18.2 Å². The van der Waals surface area contributed by atoms with Crippen LogP contribution in [0.3, 0.4) is 0 Å². The molecule has 0 spiro atoms. The summed E-state index contributed by atoms with van der Waals surface area (Å²) in [5, 5.41) is 1.17. The first-order valence-electron chi connectivity index (χ1n) is 3.06. The van der Waals surface area contributed by atoms with Gasteiger partial charge in [0.25, 0.3) is 0 Å². The lowest BCUT2D eigenvalue weighted by Crippen LogP contribution is -2.11. The monoisotopic (exact) mass is 172 g/mol. The molecule has 0 saturated heterocycles. The van der Waals surface area contributed by atoms with Gasteiger partial charge in [-0.05, 0) is 11.3 Å². The van der Waals surface area contributed by atoms with Gasteiger partial charge in [0.05, 0.1) is 7.11 Å². The summed E-state index contributed by atoms with van der Waals surface area (Å²) < 4.78 is 5.09. The lowest BCUT2D eigenvalue weighted by atomic mass is 10.3. The smallest absolute Gasteiger partial charge is 0.160 e. The van der Waals surface area contributed by atoms with E-state index in [4.69, 9.17) is 15.8 Å². The maximum atomic E-state index is 5.77. The van der Waals surface area contributed by atoms with Crippen molar-refractivity contribution in [2.75, 3.05) is 7.11 Å². The van der Waals surface area contributed by atoms with Crippen LogP contribution >= 0.6 is 11.1 Å². The molecular formula is C7H9ClOSi. The number of benzene rings is 1. The SMILES string of the molecule is COc1ccccc1[SiH2]Cl. The molecule has 0 radical (unpaired) electrons. The Morgan fingerprint density at radius 2 is 2.10 bits per heavy atom. The molecule has 0 unspecified atom stereocenters. The zero-order chi connectivity index (χ0) is 7.40. The van der Waals surface area contributed by atoms with E-state index in [0.717, 1.165) is 5.75 Å². The molecule has 0 aliphatic rings. The largest absolute Gasteiger partial charge is 0.497 e. The standard InChI is InChI=1S/C7H9ClOSi/c1-9-6-4-2-3-5-7(6)10-8/h2-5H,10H2,1H3. The zero-order valence-corrected chi connectivity index (χ0v) is 7.97. The number of ether oxygens (including phenoxy) is 1. The van der Waals surface area contributed by atoms with Gasteiger partial charge >= 0.3 is 0 Å². The van der Waals surface area contributed by atoms with Crippen LogP contribution in [0.25, 0.3) is 0 Å². The highest BCUT2D eigenvalue weighted by molar-refractivity contribution is 7.01. The topological polar surface area (TPSA) is 9.23 Å². The number of rotatable bonds is 2. The van der Waals surface area contributed by atoms with E-state index in [0.29, 0.717) is 0 Å². The van der Waals surface area contributed by atoms with Crippen molar-refractivity contribution >= 4 is 25.1 Å². The number of hydrogen-bond acceptors (Lipinski definition) is 1. The maximum absolute atomic E-state index is 5.77. The molecule has 0 heterocycles. The van der Waals surface area contributed by atoms with Crippen molar-refractivity contribution in [3.63, 3.8) is 0 Å². The van der Waals surface area contributed by atoms with E-state index >= 15 is 0 Å². The van der Waals surface area contributed by atoms with Gasteiger partial charge in [-0.3, -0.25) is 0 Å². The van der Waals surface area contributed by atoms with E-state index in [1.165, 1.54) is 5.19 Å². The first-order valence-corrected chi connectivity index (χ1v) is 5.91. The van der Waals surface area contributed by atoms with E-state index in [9.17, 15) is 0 Å². The van der Waals surface area contributed by atoms with Gasteiger partial charge in [0, 0.05) is 0 Å². The highest BCUT2D eigenvalue weighted by Gasteiger charge is 1.97. The van der Waals surface area contributed by atoms with E-state index < -0.39 is 8.83 Å². The predicted octanol–water partition coefficient (Wildman–Crippen LogP) is 0.643. The summed E-state index contributed by atoms with van der Waals surface area (Å²) in [7, 11) is 1.07. The summed E-state index contributed by atoms with van der Waals surface area (Å²) in [6.07, 6.45) is 0. The lowest BCUT2D eigenvalue weighted by molar-refractivity contribution is 0.418. The van der Waals surface area contributed by atoms with E-state index in [1.54, 1.807) is 7.11 Å². The average molecular weight is 173 g/mol. The fourth-order valence-corrected chi connectivity index (χ4v) is 2.09. The Bertz CT molecular complexity index is 192. The van der Waals surface area contributed by atoms with Gasteiger partial charge in [0.2, 0.25) is 0 Å². The van der Waals surface area contributed by atoms with Crippen molar-refractivity contribution in [2.24, 2.45) is 0 Å². The third kappa shape index (κ3) is 1.52. The molecule has 0 aromatic heterocycles. The molecule has 0 aliphatic carbocycles. The van der Waals surface area contributed by atoms with Crippen LogP contribution in [-0.4, -0.2) is 15.9 Å². The number of para-hydroxylation sites is 1. The third-order valence-electron chi connectivity index (χ3n) is 1.34. The molecule has 1 rings (SSSR count). The highest BCUT2D eigenvalue weighted by Crippen LogP contribution is 2.04. The zero-order valence-electron chi connectivity index (χ0n) is 5.80. The minimum atomic E-state index is -0.601. The molecule has 0 saturated carbocycles. The molecule has 0 bridgehead atoms. The molecule has 1 aromatic rings. The Morgan fingerprint density at radius 1 is 1.40 bits per heavy atom. The number of hydrogen-bond donors (Lipinski definition) is 0. The van der Waals surface area contributed by atoms with E-state index in [1.807, 2.05) is 24.3 Å². The second-order valence-corrected chi connectivity index (χ2v) is 3.78. The molecule has 54 valence electrons. The summed E-state index contributed by atoms with van der Waals surface area (Å²) in [4.78, 5) is 0. The Morgan fingerprint density at radius 3 is 2.60 bits per heavy atom. The summed E-state index contributed by atoms with van der Waals surface area (Å²) in [6.45, 7) is 0. The molecule has 0 fully saturated rings. The molecule has 0 atom stereocenters. The highest BCUT2D eigenvalue weighted by atomic mass is 35.6. The van der Waals surface area contributed by atoms with Crippen molar-refractivity contribution < 1.29 is 4.74 Å². The van der Waals surface area contributed by atoms with Gasteiger partial charge < -0.3 is 4.74 Å². The normalized spacial score (nSPS) is 10.6. The van der Waals surface area contributed by atoms with Gasteiger partial charge in [-0.25, -0.2) is 0 Å². The fraction of sp³-hybridized carbons (Fsp3) is 0.143. The summed E-state index contributed by atoms with van der Waals surface area (Å²) in [6, 6.07) is 7.87. The van der Waals surface area contributed by atoms with Crippen LogP contribution in [0.2, 0.25) is 0 Å². The van der Waals surface area contributed by atoms with Gasteiger partial charge in [-0.2, -0.15) is 11.1 Å². The number of methoxy groups -OCH3 is 1. The van der Waals surface area contributed by atoms with Crippen molar-refractivity contribution in [1.29, 1.82) is 0 Å². The minimum Gasteiger partial charge on any atom is -0.497 e. The Kier molecular flexibility index (Phi) is 2.77. The summed E-state index contributed by atoms with van der Waals surface area (Å²) >= 11 is 5.77. The predicted molar refractivity (Wildman–Crippen MR) is 47.0 cm³/mol. The van der Waals surface area contributed by atoms with Crippen molar-refractivity contribution in [2.45, 2.75) is 0 Å². The quantitative estimate of drug-likeness (QED) is 0.470. The summed E-state index contributed by atoms with van der Waals surface area (Å²) in [5.74, 6) is 0.921. The first-order chi connectivity index (χ1) is 4.88. The molecule has 1 aromatic carbocycles. The Hall–Kier alpha value is -0.473. The third-order valence-corrected chi connectivity index (χ3v) is 3.07. The molecule has 10 heavy (non-hydrogen) atoms. The van der Waals surface area contributed by atoms with Crippen LogP contribution in [0.5, 0.6) is 5.75 Å². The van der Waals surface area contributed by atoms with Crippen LogP contribution < -0.4 is 9.92 Å². The first kappa shape index (κ1) is 7.63. The molecule has 1 nitrogen and oxygen atoms in total. The van der Waals surface area contributed by atoms with Crippen LogP contribution in [0.4, 0.5) is 0 Å². The Balaban J connectivity index is 2.96. The Labute approximate surface area is 67.5 Å². The van der Waals surface area contributed by atoms with Crippen LogP contribution in [-0.2, 0) is 0 Å². The van der Waals surface area contributed by atoms with Crippen molar-refractivity contribution in [3.05, 3.63) is 24.3 Å².